The van der Waals surface area contributed by atoms with Crippen LogP contribution >= 0.6 is 11.6 Å². The first-order valence-corrected chi connectivity index (χ1v) is 8.04. The molecule has 7 nitrogen and oxygen atoms in total. The molecule has 138 valence electrons. The fourth-order valence-corrected chi connectivity index (χ4v) is 2.57. The zero-order valence-electron chi connectivity index (χ0n) is 14.0. The minimum Gasteiger partial charge on any atom is -0.497 e. The summed E-state index contributed by atoms with van der Waals surface area (Å²) in [5.74, 6) is -0.907. The zero-order valence-corrected chi connectivity index (χ0v) is 14.7. The molecule has 0 saturated heterocycles. The molecule has 1 amide bonds. The Morgan fingerprint density at radius 1 is 1.22 bits per heavy atom. The molecule has 27 heavy (non-hydrogen) atoms. The van der Waals surface area contributed by atoms with E-state index in [2.05, 4.69) is 10.3 Å². The Morgan fingerprint density at radius 2 is 2.00 bits per heavy atom. The molecule has 1 aromatic heterocycles. The standard InChI is InChI=1S/C18H13ClFN3O4/c1-27-12-4-2-3-10(7-12)22-16(24)13-9-21-18(26)23(17(13)25)11-5-6-15(20)14(19)8-11/h2-9H,1H3,(H,21,26)(H,22,24). The number of anilines is 1. The van der Waals surface area contributed by atoms with Crippen molar-refractivity contribution < 1.29 is 13.9 Å². The highest BCUT2D eigenvalue weighted by Gasteiger charge is 2.17. The number of hydrogen-bond donors (Lipinski definition) is 2. The third kappa shape index (κ3) is 3.75. The average Bonchev–Trinajstić information content (AvgIpc) is 2.64. The number of carbonyl (C=O) groups is 1. The van der Waals surface area contributed by atoms with Crippen LogP contribution in [0.5, 0.6) is 5.75 Å². The van der Waals surface area contributed by atoms with E-state index in [4.69, 9.17) is 16.3 Å². The first kappa shape index (κ1) is 18.4. The molecule has 0 fully saturated rings. The number of carbonyl (C=O) groups excluding carboxylic acids is 1. The first-order valence-electron chi connectivity index (χ1n) is 7.66. The van der Waals surface area contributed by atoms with Crippen LogP contribution in [0.4, 0.5) is 10.1 Å². The van der Waals surface area contributed by atoms with Crippen molar-refractivity contribution in [1.29, 1.82) is 0 Å². The van der Waals surface area contributed by atoms with Gasteiger partial charge in [0.1, 0.15) is 17.1 Å². The number of aromatic nitrogens is 2. The maximum atomic E-state index is 13.3. The van der Waals surface area contributed by atoms with Crippen molar-refractivity contribution in [3.8, 4) is 11.4 Å². The minimum atomic E-state index is -0.873. The van der Waals surface area contributed by atoms with Crippen LogP contribution in [0.25, 0.3) is 5.69 Å². The predicted molar refractivity (Wildman–Crippen MR) is 98.6 cm³/mol. The van der Waals surface area contributed by atoms with Gasteiger partial charge in [-0.1, -0.05) is 17.7 Å². The van der Waals surface area contributed by atoms with Crippen LogP contribution in [-0.2, 0) is 0 Å². The fourth-order valence-electron chi connectivity index (χ4n) is 2.39. The molecule has 2 N–H and O–H groups in total. The largest absolute Gasteiger partial charge is 0.497 e. The number of nitrogens with zero attached hydrogens (tertiary/aromatic N) is 1. The van der Waals surface area contributed by atoms with Crippen LogP contribution in [0, 0.1) is 5.82 Å². The van der Waals surface area contributed by atoms with E-state index in [9.17, 15) is 18.8 Å². The number of ether oxygens (including phenoxy) is 1. The number of rotatable bonds is 4. The van der Waals surface area contributed by atoms with Crippen molar-refractivity contribution in [3.63, 3.8) is 0 Å². The smallest absolute Gasteiger partial charge is 0.333 e. The molecule has 1 heterocycles. The number of benzene rings is 2. The lowest BCUT2D eigenvalue weighted by molar-refractivity contribution is 0.102. The van der Waals surface area contributed by atoms with Crippen molar-refractivity contribution in [2.24, 2.45) is 0 Å². The number of aromatic amines is 1. The van der Waals surface area contributed by atoms with E-state index in [1.54, 1.807) is 24.3 Å². The summed E-state index contributed by atoms with van der Waals surface area (Å²) in [6.07, 6.45) is 1.02. The van der Waals surface area contributed by atoms with Crippen LogP contribution in [0.2, 0.25) is 5.02 Å². The van der Waals surface area contributed by atoms with Crippen molar-refractivity contribution in [2.75, 3.05) is 12.4 Å². The minimum absolute atomic E-state index is 0.0312. The number of methoxy groups -OCH3 is 1. The lowest BCUT2D eigenvalue weighted by Gasteiger charge is -2.09. The van der Waals surface area contributed by atoms with Gasteiger partial charge in [0.15, 0.2) is 0 Å². The second kappa shape index (κ2) is 7.46. The summed E-state index contributed by atoms with van der Waals surface area (Å²) < 4.78 is 19.1. The molecule has 3 rings (SSSR count). The van der Waals surface area contributed by atoms with Gasteiger partial charge < -0.3 is 15.0 Å². The van der Waals surface area contributed by atoms with Gasteiger partial charge in [0.25, 0.3) is 11.5 Å². The monoisotopic (exact) mass is 389 g/mol. The van der Waals surface area contributed by atoms with Crippen LogP contribution in [-0.4, -0.2) is 22.6 Å². The Hall–Kier alpha value is -3.39. The van der Waals surface area contributed by atoms with Gasteiger partial charge in [0.05, 0.1) is 17.8 Å². The van der Waals surface area contributed by atoms with Crippen molar-refractivity contribution >= 4 is 23.2 Å². The summed E-state index contributed by atoms with van der Waals surface area (Å²) >= 11 is 5.71. The molecule has 0 spiro atoms. The van der Waals surface area contributed by atoms with Gasteiger partial charge in [0.2, 0.25) is 0 Å². The molecule has 0 aliphatic rings. The molecule has 0 aliphatic carbocycles. The Kier molecular flexibility index (Phi) is 5.09. The maximum Gasteiger partial charge on any atom is 0.333 e. The van der Waals surface area contributed by atoms with Crippen molar-refractivity contribution in [2.45, 2.75) is 0 Å². The molecular formula is C18H13ClFN3O4. The molecule has 0 bridgehead atoms. The number of amides is 1. The third-order valence-corrected chi connectivity index (χ3v) is 4.00. The van der Waals surface area contributed by atoms with Gasteiger partial charge >= 0.3 is 5.69 Å². The Bertz CT molecular complexity index is 1140. The molecule has 2 aromatic carbocycles. The zero-order chi connectivity index (χ0) is 19.6. The summed E-state index contributed by atoms with van der Waals surface area (Å²) in [4.78, 5) is 39.5. The van der Waals surface area contributed by atoms with Gasteiger partial charge in [-0.3, -0.25) is 9.59 Å². The van der Waals surface area contributed by atoms with Crippen molar-refractivity contribution in [3.05, 3.63) is 85.9 Å². The SMILES string of the molecule is COc1cccc(NC(=O)c2c[nH]c(=O)n(-c3ccc(F)c(Cl)c3)c2=O)c1. The second-order valence-electron chi connectivity index (χ2n) is 5.43. The fraction of sp³-hybridized carbons (Fsp3) is 0.0556. The molecule has 3 aromatic rings. The average molecular weight is 390 g/mol. The van der Waals surface area contributed by atoms with E-state index in [0.29, 0.717) is 16.0 Å². The van der Waals surface area contributed by atoms with E-state index in [1.165, 1.54) is 13.2 Å². The number of H-pyrrole nitrogens is 1. The summed E-state index contributed by atoms with van der Waals surface area (Å²) in [6.45, 7) is 0. The lowest BCUT2D eigenvalue weighted by atomic mass is 10.2. The van der Waals surface area contributed by atoms with Gasteiger partial charge in [-0.25, -0.2) is 13.8 Å². The highest BCUT2D eigenvalue weighted by Crippen LogP contribution is 2.18. The summed E-state index contributed by atoms with van der Waals surface area (Å²) in [5.41, 5.74) is -1.54. The molecule has 0 unspecified atom stereocenters. The second-order valence-corrected chi connectivity index (χ2v) is 5.84. The lowest BCUT2D eigenvalue weighted by Crippen LogP contribution is -2.38. The molecule has 0 atom stereocenters. The molecular weight excluding hydrogens is 377 g/mol. The van der Waals surface area contributed by atoms with Gasteiger partial charge in [-0.15, -0.1) is 0 Å². The third-order valence-electron chi connectivity index (χ3n) is 3.71. The Balaban J connectivity index is 2.02. The number of hydrogen-bond acceptors (Lipinski definition) is 4. The molecule has 0 saturated carbocycles. The molecule has 0 aliphatic heterocycles. The van der Waals surface area contributed by atoms with Gasteiger partial charge in [-0.05, 0) is 30.3 Å². The Morgan fingerprint density at radius 3 is 2.70 bits per heavy atom. The highest BCUT2D eigenvalue weighted by atomic mass is 35.5. The van der Waals surface area contributed by atoms with Crippen LogP contribution in [0.3, 0.4) is 0 Å². The van der Waals surface area contributed by atoms with E-state index in [1.807, 2.05) is 0 Å². The predicted octanol–water partition coefficient (Wildman–Crippen LogP) is 2.58. The topological polar surface area (TPSA) is 93.2 Å². The van der Waals surface area contributed by atoms with E-state index in [0.717, 1.165) is 18.3 Å². The van der Waals surface area contributed by atoms with Gasteiger partial charge in [-0.2, -0.15) is 0 Å². The van der Waals surface area contributed by atoms with Gasteiger partial charge in [0, 0.05) is 18.0 Å². The Labute approximate surface area is 157 Å². The van der Waals surface area contributed by atoms with Crippen LogP contribution in [0.1, 0.15) is 10.4 Å². The van der Waals surface area contributed by atoms with Crippen LogP contribution < -0.4 is 21.3 Å². The van der Waals surface area contributed by atoms with E-state index in [-0.39, 0.29) is 16.3 Å². The summed E-state index contributed by atoms with van der Waals surface area (Å²) in [7, 11) is 1.48. The van der Waals surface area contributed by atoms with Crippen molar-refractivity contribution in [1.82, 2.24) is 9.55 Å². The normalized spacial score (nSPS) is 10.5. The number of halogens is 2. The number of nitrogens with one attached hydrogen (secondary N) is 2. The first-order chi connectivity index (χ1) is 12.9. The van der Waals surface area contributed by atoms with E-state index >= 15 is 0 Å². The molecule has 0 radical (unpaired) electrons. The summed E-state index contributed by atoms with van der Waals surface area (Å²) in [6, 6.07) is 9.90. The molecule has 9 heteroatoms. The summed E-state index contributed by atoms with van der Waals surface area (Å²) in [5, 5.41) is 2.29. The van der Waals surface area contributed by atoms with E-state index < -0.39 is 23.0 Å². The van der Waals surface area contributed by atoms with Crippen LogP contribution in [0.15, 0.2) is 58.3 Å². The highest BCUT2D eigenvalue weighted by molar-refractivity contribution is 6.30. The quantitative estimate of drug-likeness (QED) is 0.717. The maximum absolute atomic E-state index is 13.3.